The fourth-order valence-electron chi connectivity index (χ4n) is 4.87. The number of halogens is 2. The van der Waals surface area contributed by atoms with E-state index in [-0.39, 0.29) is 39.5 Å². The summed E-state index contributed by atoms with van der Waals surface area (Å²) in [6.45, 7) is 13.4. The molecular weight excluding hydrogens is 545 g/mol. The van der Waals surface area contributed by atoms with Crippen molar-refractivity contribution in [2.24, 2.45) is 11.8 Å². The Morgan fingerprint density at radius 3 is 2.23 bits per heavy atom. The number of anilines is 1. The van der Waals surface area contributed by atoms with E-state index in [1.165, 1.54) is 4.57 Å². The van der Waals surface area contributed by atoms with Crippen molar-refractivity contribution in [2.45, 2.75) is 78.6 Å². The average Bonchev–Trinajstić information content (AvgIpc) is 3.56. The quantitative estimate of drug-likeness (QED) is 0.537. The molecule has 0 bridgehead atoms. The van der Waals surface area contributed by atoms with E-state index in [1.54, 1.807) is 46.4 Å². The third-order valence-electron chi connectivity index (χ3n) is 6.75. The van der Waals surface area contributed by atoms with Gasteiger partial charge in [0.15, 0.2) is 0 Å². The molecule has 220 valence electrons. The van der Waals surface area contributed by atoms with E-state index >= 15 is 4.39 Å². The van der Waals surface area contributed by atoms with E-state index < -0.39 is 40.5 Å². The van der Waals surface area contributed by atoms with Crippen LogP contribution in [0.15, 0.2) is 15.7 Å². The Hall–Kier alpha value is -3.28. The van der Waals surface area contributed by atoms with Crippen LogP contribution in [0.4, 0.5) is 19.7 Å². The highest BCUT2D eigenvalue weighted by Crippen LogP contribution is 2.42. The molecule has 4 rings (SSSR count). The number of hydrogen-bond donors (Lipinski definition) is 2. The van der Waals surface area contributed by atoms with E-state index in [1.807, 2.05) is 6.92 Å². The molecule has 2 N–H and O–H groups in total. The monoisotopic (exact) mass is 581 g/mol. The molecule has 2 aliphatic rings. The molecule has 1 aromatic carbocycles. The minimum absolute atomic E-state index is 0.0182. The molecule has 2 aromatic rings. The lowest BCUT2D eigenvalue weighted by Gasteiger charge is -2.24. The predicted octanol–water partition coefficient (Wildman–Crippen LogP) is 4.37. The second-order valence-corrected chi connectivity index (χ2v) is 13.0. The van der Waals surface area contributed by atoms with Crippen molar-refractivity contribution >= 4 is 40.4 Å². The molecule has 13 heteroatoms. The molecule has 40 heavy (non-hydrogen) atoms. The van der Waals surface area contributed by atoms with Crippen LogP contribution in [0.25, 0.3) is 10.9 Å². The van der Waals surface area contributed by atoms with Gasteiger partial charge in [0.05, 0.1) is 21.6 Å². The van der Waals surface area contributed by atoms with Gasteiger partial charge in [-0.2, -0.15) is 4.68 Å². The van der Waals surface area contributed by atoms with Crippen LogP contribution in [-0.4, -0.2) is 52.3 Å². The smallest absolute Gasteiger partial charge is 0.427 e. The van der Waals surface area contributed by atoms with Crippen molar-refractivity contribution in [3.8, 4) is 0 Å². The standard InChI is InChI=1S/C27H37ClFN5O6/c1-14-12-32(13-15(14)11-30-23(36)39-26(2,3)4)21-18(29)10-17-20(19(21)28)33(16-8-9-16)25(38)34(22(17)35)31-24(37)40-27(5,6)7/h10,14-16H,8-9,11-13H2,1-7H3,(H,30,36)(H,31,37). The number of benzene rings is 1. The first-order valence-corrected chi connectivity index (χ1v) is 13.8. The van der Waals surface area contributed by atoms with Gasteiger partial charge in [0.25, 0.3) is 5.56 Å². The normalized spacial score (nSPS) is 19.6. The van der Waals surface area contributed by atoms with Gasteiger partial charge in [0.1, 0.15) is 17.0 Å². The highest BCUT2D eigenvalue weighted by molar-refractivity contribution is 6.38. The number of alkyl carbamates (subject to hydrolysis) is 1. The number of rotatable bonds is 5. The number of nitrogens with zero attached hydrogens (tertiary/aromatic N) is 3. The SMILES string of the molecule is CC1CN(c2c(F)cc3c(=O)n(NC(=O)OC(C)(C)C)c(=O)n(C4CC4)c3c2Cl)CC1CNC(=O)OC(C)(C)C. The van der Waals surface area contributed by atoms with Crippen LogP contribution in [0.2, 0.25) is 5.02 Å². The average molecular weight is 582 g/mol. The Bertz CT molecular complexity index is 1450. The van der Waals surface area contributed by atoms with E-state index in [2.05, 4.69) is 10.7 Å². The molecule has 1 aliphatic carbocycles. The van der Waals surface area contributed by atoms with Crippen LogP contribution < -0.4 is 26.9 Å². The van der Waals surface area contributed by atoms with Crippen molar-refractivity contribution in [2.75, 3.05) is 30.0 Å². The van der Waals surface area contributed by atoms with Crippen LogP contribution in [0.5, 0.6) is 0 Å². The number of carbonyl (C=O) groups is 2. The molecule has 2 atom stereocenters. The molecule has 1 aromatic heterocycles. The Balaban J connectivity index is 1.69. The molecule has 2 amide bonds. The van der Waals surface area contributed by atoms with E-state index in [0.717, 1.165) is 6.07 Å². The molecule has 1 saturated heterocycles. The van der Waals surface area contributed by atoms with Crippen LogP contribution in [0.3, 0.4) is 0 Å². The Morgan fingerprint density at radius 2 is 1.65 bits per heavy atom. The van der Waals surface area contributed by atoms with Gasteiger partial charge in [-0.3, -0.25) is 9.36 Å². The molecular formula is C27H37ClFN5O6. The third-order valence-corrected chi connectivity index (χ3v) is 7.10. The Kier molecular flexibility index (Phi) is 7.87. The summed E-state index contributed by atoms with van der Waals surface area (Å²) in [5.41, 5.74) is -0.784. The third kappa shape index (κ3) is 6.37. The van der Waals surface area contributed by atoms with E-state index in [4.69, 9.17) is 21.1 Å². The lowest BCUT2D eigenvalue weighted by molar-refractivity contribution is 0.0516. The highest BCUT2D eigenvalue weighted by atomic mass is 35.5. The first-order chi connectivity index (χ1) is 18.5. The summed E-state index contributed by atoms with van der Waals surface area (Å²) in [6, 6.07) is 0.808. The van der Waals surface area contributed by atoms with Gasteiger partial charge in [0.2, 0.25) is 0 Å². The maximum absolute atomic E-state index is 15.7. The maximum atomic E-state index is 15.7. The van der Waals surface area contributed by atoms with Gasteiger partial charge in [-0.1, -0.05) is 18.5 Å². The molecule has 1 saturated carbocycles. The number of fused-ring (bicyclic) bond motifs is 1. The number of amides is 2. The number of nitrogens with one attached hydrogen (secondary N) is 2. The number of hydrogen-bond acceptors (Lipinski definition) is 7. The van der Waals surface area contributed by atoms with Crippen molar-refractivity contribution in [3.05, 3.63) is 37.7 Å². The van der Waals surface area contributed by atoms with Gasteiger partial charge in [-0.25, -0.2) is 24.2 Å². The summed E-state index contributed by atoms with van der Waals surface area (Å²) in [5.74, 6) is -0.666. The van der Waals surface area contributed by atoms with Crippen LogP contribution in [0.1, 0.15) is 67.3 Å². The molecule has 0 spiro atoms. The van der Waals surface area contributed by atoms with Gasteiger partial charge >= 0.3 is 17.9 Å². The number of aromatic nitrogens is 2. The zero-order chi connectivity index (χ0) is 29.7. The minimum atomic E-state index is -0.992. The summed E-state index contributed by atoms with van der Waals surface area (Å²) in [6.07, 6.45) is -0.185. The fourth-order valence-corrected chi connectivity index (χ4v) is 5.27. The second-order valence-electron chi connectivity index (χ2n) is 12.6. The number of ether oxygens (including phenoxy) is 2. The van der Waals surface area contributed by atoms with Gasteiger partial charge in [-0.05, 0) is 72.3 Å². The van der Waals surface area contributed by atoms with Gasteiger partial charge in [-0.15, -0.1) is 0 Å². The highest BCUT2D eigenvalue weighted by Gasteiger charge is 2.36. The fraction of sp³-hybridized carbons (Fsp3) is 0.630. The van der Waals surface area contributed by atoms with Crippen molar-refractivity contribution in [3.63, 3.8) is 0 Å². The van der Waals surface area contributed by atoms with Gasteiger partial charge in [0, 0.05) is 25.7 Å². The zero-order valence-corrected chi connectivity index (χ0v) is 24.6. The molecule has 0 radical (unpaired) electrons. The minimum Gasteiger partial charge on any atom is -0.444 e. The first kappa shape index (κ1) is 29.7. The zero-order valence-electron chi connectivity index (χ0n) is 23.9. The van der Waals surface area contributed by atoms with Crippen molar-refractivity contribution < 1.29 is 23.5 Å². The Labute approximate surface area is 236 Å². The summed E-state index contributed by atoms with van der Waals surface area (Å²) < 4.78 is 28.1. The first-order valence-electron chi connectivity index (χ1n) is 13.4. The molecule has 1 aliphatic heterocycles. The Morgan fingerprint density at radius 1 is 1.05 bits per heavy atom. The van der Waals surface area contributed by atoms with Crippen molar-refractivity contribution in [1.29, 1.82) is 0 Å². The molecule has 2 unspecified atom stereocenters. The summed E-state index contributed by atoms with van der Waals surface area (Å²) in [4.78, 5) is 53.0. The molecule has 2 heterocycles. The van der Waals surface area contributed by atoms with E-state index in [9.17, 15) is 19.2 Å². The molecule has 2 fully saturated rings. The van der Waals surface area contributed by atoms with Crippen LogP contribution in [-0.2, 0) is 9.47 Å². The lowest BCUT2D eigenvalue weighted by Crippen LogP contribution is -2.48. The predicted molar refractivity (Wildman–Crippen MR) is 150 cm³/mol. The van der Waals surface area contributed by atoms with E-state index in [0.29, 0.717) is 37.2 Å². The largest absolute Gasteiger partial charge is 0.444 e. The number of carbonyl (C=O) groups excluding carboxylic acids is 2. The van der Waals surface area contributed by atoms with Crippen LogP contribution >= 0.6 is 11.6 Å². The maximum Gasteiger partial charge on any atom is 0.427 e. The molecule has 11 nitrogen and oxygen atoms in total. The summed E-state index contributed by atoms with van der Waals surface area (Å²) >= 11 is 6.80. The lowest BCUT2D eigenvalue weighted by atomic mass is 9.98. The summed E-state index contributed by atoms with van der Waals surface area (Å²) in [5, 5.41) is 2.59. The van der Waals surface area contributed by atoms with Gasteiger partial charge < -0.3 is 19.7 Å². The topological polar surface area (TPSA) is 124 Å². The van der Waals surface area contributed by atoms with Crippen LogP contribution in [0, 0.1) is 17.7 Å². The van der Waals surface area contributed by atoms with Crippen molar-refractivity contribution in [1.82, 2.24) is 14.6 Å². The summed E-state index contributed by atoms with van der Waals surface area (Å²) in [7, 11) is 0. The second kappa shape index (κ2) is 10.6.